The van der Waals surface area contributed by atoms with Crippen molar-refractivity contribution in [3.05, 3.63) is 35.6 Å². The van der Waals surface area contributed by atoms with E-state index in [2.05, 4.69) is 26.1 Å². The summed E-state index contributed by atoms with van der Waals surface area (Å²) in [6.07, 6.45) is 5.67. The van der Waals surface area contributed by atoms with Crippen molar-refractivity contribution in [2.45, 2.75) is 52.9 Å². The van der Waals surface area contributed by atoms with Crippen molar-refractivity contribution in [1.29, 1.82) is 0 Å². The highest BCUT2D eigenvalue weighted by Crippen LogP contribution is 2.21. The molecule has 1 N–H and O–H groups in total. The van der Waals surface area contributed by atoms with Gasteiger partial charge in [0.15, 0.2) is 0 Å². The third kappa shape index (κ3) is 6.51. The molecule has 0 aliphatic rings. The molecule has 2 unspecified atom stereocenters. The molecule has 1 nitrogen and oxygen atoms in total. The predicted molar refractivity (Wildman–Crippen MR) is 85.4 cm³/mol. The molecular formula is C18H30FN. The first-order valence-corrected chi connectivity index (χ1v) is 8.11. The Hall–Kier alpha value is -0.890. The smallest absolute Gasteiger partial charge is 0.126 e. The molecule has 0 amide bonds. The van der Waals surface area contributed by atoms with Gasteiger partial charge in [0, 0.05) is 0 Å². The maximum atomic E-state index is 13.8. The van der Waals surface area contributed by atoms with Gasteiger partial charge in [-0.3, -0.25) is 0 Å². The fourth-order valence-electron chi connectivity index (χ4n) is 2.88. The molecule has 0 aliphatic heterocycles. The van der Waals surface area contributed by atoms with Crippen LogP contribution in [0.15, 0.2) is 24.3 Å². The highest BCUT2D eigenvalue weighted by molar-refractivity contribution is 5.17. The summed E-state index contributed by atoms with van der Waals surface area (Å²) in [5.41, 5.74) is 0.861. The third-order valence-corrected chi connectivity index (χ3v) is 3.84. The van der Waals surface area contributed by atoms with Gasteiger partial charge >= 0.3 is 0 Å². The molecular weight excluding hydrogens is 249 g/mol. The van der Waals surface area contributed by atoms with Gasteiger partial charge < -0.3 is 5.32 Å². The van der Waals surface area contributed by atoms with Gasteiger partial charge in [0.2, 0.25) is 0 Å². The standard InChI is InChI=1S/C18H30FN/c1-4-8-15(3)12-16(14-20-11-5-2)13-17-9-6-7-10-18(17)19/h6-7,9-10,15-16,20H,4-5,8,11-14H2,1-3H3. The van der Waals surface area contributed by atoms with Crippen molar-refractivity contribution in [1.82, 2.24) is 5.32 Å². The van der Waals surface area contributed by atoms with Crippen molar-refractivity contribution in [2.24, 2.45) is 11.8 Å². The van der Waals surface area contributed by atoms with Gasteiger partial charge in [0.05, 0.1) is 0 Å². The van der Waals surface area contributed by atoms with E-state index in [4.69, 9.17) is 0 Å². The Bertz CT molecular complexity index is 364. The number of benzene rings is 1. The number of hydrogen-bond acceptors (Lipinski definition) is 1. The minimum Gasteiger partial charge on any atom is -0.316 e. The zero-order valence-electron chi connectivity index (χ0n) is 13.3. The van der Waals surface area contributed by atoms with E-state index in [-0.39, 0.29) is 5.82 Å². The SMILES string of the molecule is CCCNCC(Cc1ccccc1F)CC(C)CCC. The highest BCUT2D eigenvalue weighted by atomic mass is 19.1. The Morgan fingerprint density at radius 2 is 1.90 bits per heavy atom. The van der Waals surface area contributed by atoms with Crippen molar-refractivity contribution in [2.75, 3.05) is 13.1 Å². The summed E-state index contributed by atoms with van der Waals surface area (Å²) in [4.78, 5) is 0. The molecule has 1 rings (SSSR count). The van der Waals surface area contributed by atoms with Crippen LogP contribution in [0, 0.1) is 17.7 Å². The quantitative estimate of drug-likeness (QED) is 0.606. The summed E-state index contributed by atoms with van der Waals surface area (Å²) < 4.78 is 13.8. The van der Waals surface area contributed by atoms with E-state index in [1.807, 2.05) is 12.1 Å². The van der Waals surface area contributed by atoms with E-state index in [1.165, 1.54) is 19.3 Å². The van der Waals surface area contributed by atoms with E-state index >= 15 is 0 Å². The summed E-state index contributed by atoms with van der Waals surface area (Å²) in [5, 5.41) is 3.50. The van der Waals surface area contributed by atoms with Gasteiger partial charge in [-0.2, -0.15) is 0 Å². The molecule has 0 fully saturated rings. The Balaban J connectivity index is 2.59. The average molecular weight is 279 g/mol. The third-order valence-electron chi connectivity index (χ3n) is 3.84. The molecule has 1 aromatic carbocycles. The molecule has 1 aromatic rings. The second kappa shape index (κ2) is 9.93. The average Bonchev–Trinajstić information content (AvgIpc) is 2.41. The van der Waals surface area contributed by atoms with Crippen molar-refractivity contribution < 1.29 is 4.39 Å². The second-order valence-electron chi connectivity index (χ2n) is 6.00. The Kier molecular flexibility index (Phi) is 8.52. The molecule has 0 bridgehead atoms. The zero-order valence-corrected chi connectivity index (χ0v) is 13.3. The van der Waals surface area contributed by atoms with Crippen LogP contribution in [-0.2, 0) is 6.42 Å². The molecule has 0 saturated heterocycles. The van der Waals surface area contributed by atoms with Crippen molar-refractivity contribution >= 4 is 0 Å². The molecule has 0 aromatic heterocycles. The fourth-order valence-corrected chi connectivity index (χ4v) is 2.88. The van der Waals surface area contributed by atoms with Crippen LogP contribution in [0.2, 0.25) is 0 Å². The van der Waals surface area contributed by atoms with E-state index in [0.717, 1.165) is 37.4 Å². The lowest BCUT2D eigenvalue weighted by atomic mass is 9.88. The van der Waals surface area contributed by atoms with Gasteiger partial charge in [-0.25, -0.2) is 4.39 Å². The summed E-state index contributed by atoms with van der Waals surface area (Å²) in [7, 11) is 0. The molecule has 2 heteroatoms. The molecule has 2 atom stereocenters. The van der Waals surface area contributed by atoms with Crippen LogP contribution >= 0.6 is 0 Å². The summed E-state index contributed by atoms with van der Waals surface area (Å²) in [5.74, 6) is 1.19. The van der Waals surface area contributed by atoms with E-state index in [0.29, 0.717) is 5.92 Å². The molecule has 0 radical (unpaired) electrons. The molecule has 0 saturated carbocycles. The molecule has 0 heterocycles. The highest BCUT2D eigenvalue weighted by Gasteiger charge is 2.15. The predicted octanol–water partition coefficient (Wildman–Crippen LogP) is 4.81. The van der Waals surface area contributed by atoms with E-state index in [1.54, 1.807) is 12.1 Å². The van der Waals surface area contributed by atoms with Crippen LogP contribution in [0.1, 0.15) is 52.0 Å². The maximum absolute atomic E-state index is 13.8. The molecule has 20 heavy (non-hydrogen) atoms. The lowest BCUT2D eigenvalue weighted by molar-refractivity contribution is 0.351. The maximum Gasteiger partial charge on any atom is 0.126 e. The van der Waals surface area contributed by atoms with E-state index < -0.39 is 0 Å². The Labute approximate surface area is 124 Å². The van der Waals surface area contributed by atoms with Crippen LogP contribution < -0.4 is 5.32 Å². The van der Waals surface area contributed by atoms with Gasteiger partial charge in [0.25, 0.3) is 0 Å². The van der Waals surface area contributed by atoms with Crippen LogP contribution in [0.25, 0.3) is 0 Å². The van der Waals surface area contributed by atoms with Gasteiger partial charge in [-0.15, -0.1) is 0 Å². The lowest BCUT2D eigenvalue weighted by Crippen LogP contribution is -2.26. The summed E-state index contributed by atoms with van der Waals surface area (Å²) >= 11 is 0. The fraction of sp³-hybridized carbons (Fsp3) is 0.667. The lowest BCUT2D eigenvalue weighted by Gasteiger charge is -2.21. The first-order chi connectivity index (χ1) is 9.67. The number of hydrogen-bond donors (Lipinski definition) is 1. The minimum absolute atomic E-state index is 0.0591. The first-order valence-electron chi connectivity index (χ1n) is 8.11. The number of nitrogens with one attached hydrogen (secondary N) is 1. The monoisotopic (exact) mass is 279 g/mol. The normalized spacial score (nSPS) is 14.2. The van der Waals surface area contributed by atoms with Crippen LogP contribution in [-0.4, -0.2) is 13.1 Å². The topological polar surface area (TPSA) is 12.0 Å². The Morgan fingerprint density at radius 3 is 2.55 bits per heavy atom. The van der Waals surface area contributed by atoms with Crippen LogP contribution in [0.5, 0.6) is 0 Å². The van der Waals surface area contributed by atoms with Gasteiger partial charge in [-0.1, -0.05) is 51.8 Å². The summed E-state index contributed by atoms with van der Waals surface area (Å²) in [6.45, 7) is 8.78. The Morgan fingerprint density at radius 1 is 1.15 bits per heavy atom. The summed E-state index contributed by atoms with van der Waals surface area (Å²) in [6, 6.07) is 7.20. The molecule has 114 valence electrons. The van der Waals surface area contributed by atoms with Gasteiger partial charge in [-0.05, 0) is 55.8 Å². The van der Waals surface area contributed by atoms with E-state index in [9.17, 15) is 4.39 Å². The zero-order chi connectivity index (χ0) is 14.8. The number of halogens is 1. The minimum atomic E-state index is -0.0591. The number of rotatable bonds is 10. The van der Waals surface area contributed by atoms with Gasteiger partial charge in [0.1, 0.15) is 5.82 Å². The van der Waals surface area contributed by atoms with Crippen LogP contribution in [0.4, 0.5) is 4.39 Å². The second-order valence-corrected chi connectivity index (χ2v) is 6.00. The molecule has 0 spiro atoms. The van der Waals surface area contributed by atoms with Crippen LogP contribution in [0.3, 0.4) is 0 Å². The largest absolute Gasteiger partial charge is 0.316 e. The van der Waals surface area contributed by atoms with Crippen molar-refractivity contribution in [3.8, 4) is 0 Å². The molecule has 0 aliphatic carbocycles. The van der Waals surface area contributed by atoms with Crippen molar-refractivity contribution in [3.63, 3.8) is 0 Å². The first kappa shape index (κ1) is 17.2.